The number of carboxylic acid groups (broad SMARTS) is 1. The first kappa shape index (κ1) is 17.0. The van der Waals surface area contributed by atoms with Crippen molar-refractivity contribution in [2.75, 3.05) is 26.0 Å². The molecule has 1 aromatic carbocycles. The number of benzene rings is 1. The molecule has 0 fully saturated rings. The standard InChI is InChI=1S/C15H23N3O3/c1-15(2,18(3)4)10-16-14(21)17-12-7-5-11(6-8-12)9-13(19)20/h5-8H,9-10H2,1-4H3,(H,19,20)(H2,16,17,21). The Bertz CT molecular complexity index is 495. The molecule has 0 unspecified atom stereocenters. The molecule has 0 spiro atoms. The Balaban J connectivity index is 2.50. The van der Waals surface area contributed by atoms with Crippen LogP contribution >= 0.6 is 0 Å². The van der Waals surface area contributed by atoms with Crippen molar-refractivity contribution in [2.24, 2.45) is 0 Å². The minimum atomic E-state index is -0.876. The number of hydrogen-bond donors (Lipinski definition) is 3. The van der Waals surface area contributed by atoms with Crippen LogP contribution in [0.2, 0.25) is 0 Å². The normalized spacial score (nSPS) is 11.3. The summed E-state index contributed by atoms with van der Waals surface area (Å²) in [7, 11) is 3.92. The predicted octanol–water partition coefficient (Wildman–Crippen LogP) is 1.78. The molecule has 116 valence electrons. The molecule has 0 heterocycles. The number of rotatable bonds is 6. The van der Waals surface area contributed by atoms with Crippen LogP contribution in [0.25, 0.3) is 0 Å². The van der Waals surface area contributed by atoms with E-state index in [-0.39, 0.29) is 18.0 Å². The van der Waals surface area contributed by atoms with Gasteiger partial charge in [0.05, 0.1) is 6.42 Å². The van der Waals surface area contributed by atoms with Gasteiger partial charge in [0.15, 0.2) is 0 Å². The summed E-state index contributed by atoms with van der Waals surface area (Å²) in [6.07, 6.45) is -0.0243. The third-order valence-corrected chi connectivity index (χ3v) is 3.46. The molecular formula is C15H23N3O3. The van der Waals surface area contributed by atoms with E-state index in [1.165, 1.54) is 0 Å². The Kier molecular flexibility index (Phi) is 5.72. The van der Waals surface area contributed by atoms with Crippen molar-refractivity contribution in [3.8, 4) is 0 Å². The van der Waals surface area contributed by atoms with Crippen LogP contribution in [0.3, 0.4) is 0 Å². The van der Waals surface area contributed by atoms with Crippen molar-refractivity contribution in [1.29, 1.82) is 0 Å². The summed E-state index contributed by atoms with van der Waals surface area (Å²) >= 11 is 0. The smallest absolute Gasteiger partial charge is 0.319 e. The lowest BCUT2D eigenvalue weighted by Gasteiger charge is -2.32. The molecule has 6 nitrogen and oxygen atoms in total. The molecule has 0 saturated heterocycles. The van der Waals surface area contributed by atoms with E-state index < -0.39 is 5.97 Å². The summed E-state index contributed by atoms with van der Waals surface area (Å²) in [4.78, 5) is 24.4. The van der Waals surface area contributed by atoms with E-state index in [2.05, 4.69) is 10.6 Å². The predicted molar refractivity (Wildman–Crippen MR) is 82.6 cm³/mol. The number of nitrogens with one attached hydrogen (secondary N) is 2. The minimum Gasteiger partial charge on any atom is -0.481 e. The molecule has 0 aliphatic rings. The second-order valence-electron chi connectivity index (χ2n) is 5.78. The Hall–Kier alpha value is -2.08. The van der Waals surface area contributed by atoms with Gasteiger partial charge in [-0.1, -0.05) is 12.1 Å². The zero-order valence-electron chi connectivity index (χ0n) is 12.9. The molecule has 0 aliphatic heterocycles. The molecule has 0 aliphatic carbocycles. The van der Waals surface area contributed by atoms with Crippen LogP contribution in [-0.2, 0) is 11.2 Å². The fourth-order valence-electron chi connectivity index (χ4n) is 1.51. The number of carbonyl (C=O) groups is 2. The average Bonchev–Trinajstić information content (AvgIpc) is 2.38. The molecule has 0 atom stereocenters. The van der Waals surface area contributed by atoms with Crippen LogP contribution in [0, 0.1) is 0 Å². The average molecular weight is 293 g/mol. The highest BCUT2D eigenvalue weighted by atomic mass is 16.4. The van der Waals surface area contributed by atoms with Gasteiger partial charge in [0, 0.05) is 17.8 Å². The number of anilines is 1. The van der Waals surface area contributed by atoms with E-state index in [4.69, 9.17) is 5.11 Å². The highest BCUT2D eigenvalue weighted by Gasteiger charge is 2.20. The van der Waals surface area contributed by atoms with E-state index in [1.807, 2.05) is 32.8 Å². The van der Waals surface area contributed by atoms with E-state index in [1.54, 1.807) is 24.3 Å². The summed E-state index contributed by atoms with van der Waals surface area (Å²) in [6, 6.07) is 6.47. The Morgan fingerprint density at radius 2 is 1.76 bits per heavy atom. The van der Waals surface area contributed by atoms with Gasteiger partial charge < -0.3 is 20.6 Å². The van der Waals surface area contributed by atoms with E-state index in [0.29, 0.717) is 17.8 Å². The molecular weight excluding hydrogens is 270 g/mol. The number of carbonyl (C=O) groups excluding carboxylic acids is 1. The lowest BCUT2D eigenvalue weighted by Crippen LogP contribution is -2.49. The number of nitrogens with zero attached hydrogens (tertiary/aromatic N) is 1. The van der Waals surface area contributed by atoms with Crippen LogP contribution in [-0.4, -0.2) is 48.2 Å². The van der Waals surface area contributed by atoms with Crippen LogP contribution in [0.1, 0.15) is 19.4 Å². The molecule has 1 rings (SSSR count). The highest BCUT2D eigenvalue weighted by molar-refractivity contribution is 5.89. The van der Waals surface area contributed by atoms with Crippen molar-refractivity contribution < 1.29 is 14.7 Å². The van der Waals surface area contributed by atoms with Crippen molar-refractivity contribution in [2.45, 2.75) is 25.8 Å². The third-order valence-electron chi connectivity index (χ3n) is 3.46. The van der Waals surface area contributed by atoms with Crippen LogP contribution < -0.4 is 10.6 Å². The summed E-state index contributed by atoms with van der Waals surface area (Å²) in [5.74, 6) is -0.876. The first-order valence-corrected chi connectivity index (χ1v) is 6.74. The monoisotopic (exact) mass is 293 g/mol. The largest absolute Gasteiger partial charge is 0.481 e. The maximum absolute atomic E-state index is 11.8. The summed E-state index contributed by atoms with van der Waals surface area (Å²) in [5.41, 5.74) is 1.19. The van der Waals surface area contributed by atoms with Crippen molar-refractivity contribution >= 4 is 17.7 Å². The first-order valence-electron chi connectivity index (χ1n) is 6.74. The van der Waals surface area contributed by atoms with E-state index in [0.717, 1.165) is 0 Å². The SMILES string of the molecule is CN(C)C(C)(C)CNC(=O)Nc1ccc(CC(=O)O)cc1. The van der Waals surface area contributed by atoms with Gasteiger partial charge in [-0.2, -0.15) is 0 Å². The minimum absolute atomic E-state index is 0.0243. The van der Waals surface area contributed by atoms with Gasteiger partial charge in [0.1, 0.15) is 0 Å². The van der Waals surface area contributed by atoms with Gasteiger partial charge in [0.2, 0.25) is 0 Å². The Morgan fingerprint density at radius 1 is 1.19 bits per heavy atom. The lowest BCUT2D eigenvalue weighted by atomic mass is 10.1. The van der Waals surface area contributed by atoms with Gasteiger partial charge in [-0.25, -0.2) is 4.79 Å². The number of amides is 2. The Labute approximate surface area is 125 Å². The second-order valence-corrected chi connectivity index (χ2v) is 5.78. The molecule has 3 N–H and O–H groups in total. The van der Waals surface area contributed by atoms with E-state index in [9.17, 15) is 9.59 Å². The zero-order chi connectivity index (χ0) is 16.0. The quantitative estimate of drug-likeness (QED) is 0.746. The maximum atomic E-state index is 11.8. The van der Waals surface area contributed by atoms with E-state index >= 15 is 0 Å². The number of urea groups is 1. The molecule has 0 saturated carbocycles. The Morgan fingerprint density at radius 3 is 2.24 bits per heavy atom. The highest BCUT2D eigenvalue weighted by Crippen LogP contribution is 2.11. The zero-order valence-corrected chi connectivity index (χ0v) is 12.9. The number of carboxylic acids is 1. The van der Waals surface area contributed by atoms with Crippen molar-refractivity contribution in [1.82, 2.24) is 10.2 Å². The topological polar surface area (TPSA) is 81.7 Å². The molecule has 0 radical (unpaired) electrons. The lowest BCUT2D eigenvalue weighted by molar-refractivity contribution is -0.136. The van der Waals surface area contributed by atoms with Crippen molar-refractivity contribution in [3.63, 3.8) is 0 Å². The summed E-state index contributed by atoms with van der Waals surface area (Å²) in [6.45, 7) is 4.59. The summed E-state index contributed by atoms with van der Waals surface area (Å²) in [5, 5.41) is 14.2. The second kappa shape index (κ2) is 7.08. The number of aliphatic carboxylic acids is 1. The van der Waals surface area contributed by atoms with Gasteiger partial charge in [-0.3, -0.25) is 4.79 Å². The van der Waals surface area contributed by atoms with Crippen LogP contribution in [0.15, 0.2) is 24.3 Å². The maximum Gasteiger partial charge on any atom is 0.319 e. The molecule has 21 heavy (non-hydrogen) atoms. The molecule has 2 amide bonds. The molecule has 0 bridgehead atoms. The number of likely N-dealkylation sites (N-methyl/N-ethyl adjacent to an activating group) is 1. The number of hydrogen-bond acceptors (Lipinski definition) is 3. The van der Waals surface area contributed by atoms with Crippen LogP contribution in [0.4, 0.5) is 10.5 Å². The fourth-order valence-corrected chi connectivity index (χ4v) is 1.51. The molecule has 0 aromatic heterocycles. The van der Waals surface area contributed by atoms with Gasteiger partial charge in [0.25, 0.3) is 0 Å². The van der Waals surface area contributed by atoms with Gasteiger partial charge >= 0.3 is 12.0 Å². The molecule has 6 heteroatoms. The molecule has 1 aromatic rings. The first-order chi connectivity index (χ1) is 9.70. The van der Waals surface area contributed by atoms with Crippen molar-refractivity contribution in [3.05, 3.63) is 29.8 Å². The third kappa shape index (κ3) is 5.83. The fraction of sp³-hybridized carbons (Fsp3) is 0.467. The van der Waals surface area contributed by atoms with Crippen LogP contribution in [0.5, 0.6) is 0 Å². The van der Waals surface area contributed by atoms with Gasteiger partial charge in [-0.15, -0.1) is 0 Å². The van der Waals surface area contributed by atoms with Gasteiger partial charge in [-0.05, 0) is 45.6 Å². The summed E-state index contributed by atoms with van der Waals surface area (Å²) < 4.78 is 0.